The Labute approximate surface area is 189 Å². The first-order chi connectivity index (χ1) is 15.8. The molecule has 1 saturated heterocycles. The van der Waals surface area contributed by atoms with E-state index in [1.165, 1.54) is 7.11 Å². The van der Waals surface area contributed by atoms with Crippen molar-refractivity contribution >= 4 is 34.5 Å². The zero-order valence-electron chi connectivity index (χ0n) is 18.6. The number of aromatic nitrogens is 6. The third kappa shape index (κ3) is 4.58. The van der Waals surface area contributed by atoms with Crippen LogP contribution in [0.4, 0.5) is 21.8 Å². The Balaban J connectivity index is 1.67. The van der Waals surface area contributed by atoms with Crippen molar-refractivity contribution in [2.45, 2.75) is 31.8 Å². The minimum absolute atomic E-state index is 0.0283. The lowest BCUT2D eigenvalue weighted by atomic mass is 10.2. The smallest absolute Gasteiger partial charge is 0.256 e. The van der Waals surface area contributed by atoms with Gasteiger partial charge in [0.25, 0.3) is 5.88 Å². The molecule has 0 bridgehead atoms. The van der Waals surface area contributed by atoms with E-state index in [1.54, 1.807) is 40.6 Å². The SMILES string of the molecule is C=CC(=O)N[C@@H]1CN(c2nc(Nc3cn(CC(C)O)nc3OC)c3ncn(C)c3n2)C[C@H]1F. The van der Waals surface area contributed by atoms with Crippen LogP contribution in [-0.4, -0.2) is 78.8 Å². The monoisotopic (exact) mass is 459 g/mol. The Hall–Kier alpha value is -3.74. The largest absolute Gasteiger partial charge is 0.478 e. The molecule has 4 rings (SSSR count). The highest BCUT2D eigenvalue weighted by atomic mass is 19.1. The lowest BCUT2D eigenvalue weighted by Crippen LogP contribution is -2.40. The van der Waals surface area contributed by atoms with Crippen molar-refractivity contribution in [3.63, 3.8) is 0 Å². The second kappa shape index (κ2) is 9.02. The molecule has 1 amide bonds. The van der Waals surface area contributed by atoms with Crippen LogP contribution in [-0.2, 0) is 18.4 Å². The summed E-state index contributed by atoms with van der Waals surface area (Å²) in [5.74, 6) is 0.565. The van der Waals surface area contributed by atoms with Gasteiger partial charge in [0.2, 0.25) is 11.9 Å². The van der Waals surface area contributed by atoms with Crippen LogP contribution in [0, 0.1) is 0 Å². The van der Waals surface area contributed by atoms with Crippen molar-refractivity contribution in [3.8, 4) is 5.88 Å². The predicted molar refractivity (Wildman–Crippen MR) is 119 cm³/mol. The van der Waals surface area contributed by atoms with Gasteiger partial charge in [-0.15, -0.1) is 5.10 Å². The zero-order valence-corrected chi connectivity index (χ0v) is 18.6. The van der Waals surface area contributed by atoms with Gasteiger partial charge in [-0.1, -0.05) is 6.58 Å². The van der Waals surface area contributed by atoms with Gasteiger partial charge < -0.3 is 29.9 Å². The molecular weight excluding hydrogens is 433 g/mol. The van der Waals surface area contributed by atoms with E-state index in [1.807, 2.05) is 0 Å². The summed E-state index contributed by atoms with van der Waals surface area (Å²) in [4.78, 5) is 26.8. The average molecular weight is 459 g/mol. The van der Waals surface area contributed by atoms with Gasteiger partial charge in [0, 0.05) is 13.6 Å². The number of amides is 1. The summed E-state index contributed by atoms with van der Waals surface area (Å²) in [7, 11) is 3.29. The summed E-state index contributed by atoms with van der Waals surface area (Å²) in [6.45, 7) is 5.59. The van der Waals surface area contributed by atoms with Gasteiger partial charge in [-0.3, -0.25) is 9.48 Å². The zero-order chi connectivity index (χ0) is 23.7. The molecule has 0 aliphatic carbocycles. The Morgan fingerprint density at radius 3 is 2.94 bits per heavy atom. The van der Waals surface area contributed by atoms with Crippen molar-refractivity contribution in [1.82, 2.24) is 34.6 Å². The number of alkyl halides is 1. The summed E-state index contributed by atoms with van der Waals surface area (Å²) in [5, 5.41) is 19.7. The predicted octanol–water partition coefficient (Wildman–Crippen LogP) is 0.522. The number of nitrogens with one attached hydrogen (secondary N) is 2. The van der Waals surface area contributed by atoms with E-state index in [0.29, 0.717) is 34.5 Å². The number of nitrogens with zero attached hydrogens (tertiary/aromatic N) is 7. The first-order valence-electron chi connectivity index (χ1n) is 10.4. The molecule has 13 heteroatoms. The fraction of sp³-hybridized carbons (Fsp3) is 0.450. The number of halogens is 1. The van der Waals surface area contributed by atoms with Gasteiger partial charge in [0.1, 0.15) is 11.9 Å². The number of anilines is 3. The molecule has 12 nitrogen and oxygen atoms in total. The quantitative estimate of drug-likeness (QED) is 0.412. The number of imidazole rings is 1. The molecule has 3 N–H and O–H groups in total. The number of ether oxygens (including phenoxy) is 1. The maximum Gasteiger partial charge on any atom is 0.256 e. The number of methoxy groups -OCH3 is 1. The molecule has 176 valence electrons. The molecule has 1 aliphatic heterocycles. The molecule has 4 heterocycles. The Morgan fingerprint density at radius 2 is 2.24 bits per heavy atom. The van der Waals surface area contributed by atoms with Gasteiger partial charge in [-0.25, -0.2) is 9.37 Å². The minimum Gasteiger partial charge on any atom is -0.478 e. The Kier molecular flexibility index (Phi) is 6.14. The van der Waals surface area contributed by atoms with Crippen LogP contribution in [0.15, 0.2) is 25.2 Å². The maximum atomic E-state index is 14.6. The van der Waals surface area contributed by atoms with Gasteiger partial charge in [-0.05, 0) is 13.0 Å². The number of carbonyl (C=O) groups excluding carboxylic acids is 1. The van der Waals surface area contributed by atoms with E-state index >= 15 is 0 Å². The van der Waals surface area contributed by atoms with Crippen molar-refractivity contribution in [2.24, 2.45) is 7.05 Å². The van der Waals surface area contributed by atoms with Crippen LogP contribution in [0.2, 0.25) is 0 Å². The van der Waals surface area contributed by atoms with Gasteiger partial charge in [0.05, 0.1) is 44.9 Å². The van der Waals surface area contributed by atoms with Crippen LogP contribution in [0.3, 0.4) is 0 Å². The summed E-state index contributed by atoms with van der Waals surface area (Å²) in [5.41, 5.74) is 1.58. The molecule has 1 unspecified atom stereocenters. The summed E-state index contributed by atoms with van der Waals surface area (Å²) in [6, 6.07) is -0.698. The molecule has 33 heavy (non-hydrogen) atoms. The number of aryl methyl sites for hydroxylation is 1. The van der Waals surface area contributed by atoms with Crippen LogP contribution < -0.4 is 20.3 Å². The van der Waals surface area contributed by atoms with Crippen LogP contribution in [0.25, 0.3) is 11.2 Å². The van der Waals surface area contributed by atoms with Crippen LogP contribution in [0.5, 0.6) is 5.88 Å². The first-order valence-corrected chi connectivity index (χ1v) is 10.4. The number of hydrogen-bond acceptors (Lipinski definition) is 9. The normalized spacial score (nSPS) is 19.0. The number of aliphatic hydroxyl groups is 1. The Bertz CT molecular complexity index is 1180. The van der Waals surface area contributed by atoms with Crippen molar-refractivity contribution in [1.29, 1.82) is 0 Å². The molecule has 1 fully saturated rings. The van der Waals surface area contributed by atoms with Crippen molar-refractivity contribution < 1.29 is 19.0 Å². The van der Waals surface area contributed by atoms with Gasteiger partial charge >= 0.3 is 0 Å². The molecule has 3 aromatic heterocycles. The number of hydrogen-bond donors (Lipinski definition) is 3. The van der Waals surface area contributed by atoms with E-state index in [-0.39, 0.29) is 19.6 Å². The third-order valence-electron chi connectivity index (χ3n) is 5.22. The van der Waals surface area contributed by atoms with E-state index in [4.69, 9.17) is 4.74 Å². The lowest BCUT2D eigenvalue weighted by Gasteiger charge is -2.17. The standard InChI is InChI=1S/C20H26FN9O3/c1-5-15(32)23-13-8-29(7-12(13)21)20-25-17(16-18(26-20)28(3)10-22-16)24-14-9-30(6-11(2)31)27-19(14)33-4/h5,9-13,31H,1,6-8H2,2-4H3,(H,23,32)(H,24,25,26)/t11?,12-,13-/m1/s1. The van der Waals surface area contributed by atoms with Gasteiger partial charge in [0.15, 0.2) is 17.0 Å². The highest BCUT2D eigenvalue weighted by molar-refractivity contribution is 5.88. The number of rotatable bonds is 8. The molecule has 3 aromatic rings. The fourth-order valence-electron chi connectivity index (χ4n) is 3.66. The van der Waals surface area contributed by atoms with Crippen molar-refractivity contribution in [3.05, 3.63) is 25.2 Å². The van der Waals surface area contributed by atoms with Crippen LogP contribution >= 0.6 is 0 Å². The van der Waals surface area contributed by atoms with Crippen molar-refractivity contribution in [2.75, 3.05) is 30.4 Å². The second-order valence-corrected chi connectivity index (χ2v) is 7.89. The maximum absolute atomic E-state index is 14.6. The highest BCUT2D eigenvalue weighted by Crippen LogP contribution is 2.31. The van der Waals surface area contributed by atoms with Crippen LogP contribution in [0.1, 0.15) is 6.92 Å². The van der Waals surface area contributed by atoms with E-state index < -0.39 is 24.2 Å². The van der Waals surface area contributed by atoms with E-state index in [9.17, 15) is 14.3 Å². The number of aliphatic hydroxyl groups excluding tert-OH is 1. The fourth-order valence-corrected chi connectivity index (χ4v) is 3.66. The topological polar surface area (TPSA) is 135 Å². The second-order valence-electron chi connectivity index (χ2n) is 7.89. The Morgan fingerprint density at radius 1 is 1.45 bits per heavy atom. The molecular formula is C20H26FN9O3. The summed E-state index contributed by atoms with van der Waals surface area (Å²) >= 11 is 0. The number of carbonyl (C=O) groups is 1. The summed E-state index contributed by atoms with van der Waals surface area (Å²) in [6.07, 6.45) is 2.54. The average Bonchev–Trinajstić information content (AvgIpc) is 3.45. The highest BCUT2D eigenvalue weighted by Gasteiger charge is 2.35. The molecule has 3 atom stereocenters. The molecule has 0 saturated carbocycles. The number of fused-ring (bicyclic) bond motifs is 1. The van der Waals surface area contributed by atoms with E-state index in [2.05, 4.69) is 37.3 Å². The van der Waals surface area contributed by atoms with Gasteiger partial charge in [-0.2, -0.15) is 9.97 Å². The van der Waals surface area contributed by atoms with E-state index in [0.717, 1.165) is 6.08 Å². The minimum atomic E-state index is -1.28. The molecule has 0 radical (unpaired) electrons. The molecule has 0 spiro atoms. The molecule has 0 aromatic carbocycles. The molecule has 1 aliphatic rings. The third-order valence-corrected chi connectivity index (χ3v) is 5.22. The summed E-state index contributed by atoms with van der Waals surface area (Å²) < 4.78 is 23.2. The first kappa shape index (κ1) is 22.5. The lowest BCUT2D eigenvalue weighted by molar-refractivity contribution is -0.117.